The molecule has 1 amide bonds. The molecule has 1 aromatic heterocycles. The van der Waals surface area contributed by atoms with Gasteiger partial charge in [-0.3, -0.25) is 4.79 Å². The van der Waals surface area contributed by atoms with E-state index in [9.17, 15) is 4.79 Å². The zero-order chi connectivity index (χ0) is 17.8. The number of aromatic nitrogens is 1. The second-order valence-corrected chi connectivity index (χ2v) is 5.97. The number of nitrogens with one attached hydrogen (secondary N) is 1. The number of amides is 1. The summed E-state index contributed by atoms with van der Waals surface area (Å²) in [5.41, 5.74) is 2.86. The molecule has 0 fully saturated rings. The van der Waals surface area contributed by atoms with Crippen molar-refractivity contribution in [2.75, 3.05) is 5.32 Å². The van der Waals surface area contributed by atoms with Gasteiger partial charge in [0.05, 0.1) is 17.2 Å². The van der Waals surface area contributed by atoms with E-state index in [0.29, 0.717) is 21.8 Å². The van der Waals surface area contributed by atoms with Crippen molar-refractivity contribution in [3.05, 3.63) is 82.1 Å². The lowest BCUT2D eigenvalue weighted by Crippen LogP contribution is -2.13. The van der Waals surface area contributed by atoms with Crippen LogP contribution in [0.1, 0.15) is 15.9 Å². The summed E-state index contributed by atoms with van der Waals surface area (Å²) in [6, 6.07) is 17.5. The molecule has 6 heteroatoms. The van der Waals surface area contributed by atoms with Crippen LogP contribution < -0.4 is 5.32 Å². The van der Waals surface area contributed by atoms with Crippen LogP contribution in [0, 0.1) is 11.3 Å². The molecule has 1 N–H and O–H groups in total. The second kappa shape index (κ2) is 7.35. The summed E-state index contributed by atoms with van der Waals surface area (Å²) in [7, 11) is 0. The highest BCUT2D eigenvalue weighted by atomic mass is 35.5. The molecule has 0 unspecified atom stereocenters. The Balaban J connectivity index is 2.01. The van der Waals surface area contributed by atoms with Gasteiger partial charge in [0.25, 0.3) is 5.91 Å². The summed E-state index contributed by atoms with van der Waals surface area (Å²) < 4.78 is 0. The normalized spacial score (nSPS) is 10.1. The topological polar surface area (TPSA) is 65.8 Å². The molecule has 0 saturated heterocycles. The molecule has 2 aromatic carbocycles. The number of anilines is 1. The Morgan fingerprint density at radius 2 is 1.84 bits per heavy atom. The number of nitriles is 1. The van der Waals surface area contributed by atoms with Crippen LogP contribution in [-0.2, 0) is 0 Å². The Morgan fingerprint density at radius 3 is 2.52 bits per heavy atom. The van der Waals surface area contributed by atoms with E-state index in [0.717, 1.165) is 5.56 Å². The van der Waals surface area contributed by atoms with Crippen LogP contribution in [0.2, 0.25) is 10.2 Å². The predicted molar refractivity (Wildman–Crippen MR) is 98.8 cm³/mol. The Kier molecular flexibility index (Phi) is 4.99. The van der Waals surface area contributed by atoms with E-state index in [-0.39, 0.29) is 16.6 Å². The number of carbonyl (C=O) groups is 1. The largest absolute Gasteiger partial charge is 0.321 e. The van der Waals surface area contributed by atoms with Crippen LogP contribution in [0.4, 0.5) is 5.69 Å². The van der Waals surface area contributed by atoms with E-state index in [2.05, 4.69) is 16.4 Å². The molecule has 122 valence electrons. The summed E-state index contributed by atoms with van der Waals surface area (Å²) in [5, 5.41) is 12.7. The van der Waals surface area contributed by atoms with Gasteiger partial charge in [0.2, 0.25) is 0 Å². The predicted octanol–water partition coefficient (Wildman–Crippen LogP) is 5.18. The molecule has 0 aliphatic rings. The number of nitrogens with zero attached hydrogens (tertiary/aromatic N) is 2. The lowest BCUT2D eigenvalue weighted by atomic mass is 10.0. The molecule has 25 heavy (non-hydrogen) atoms. The van der Waals surface area contributed by atoms with E-state index < -0.39 is 0 Å². The quantitative estimate of drug-likeness (QED) is 0.648. The molecule has 3 aromatic rings. The average Bonchev–Trinajstić information content (AvgIpc) is 2.63. The van der Waals surface area contributed by atoms with Crippen LogP contribution in [0.15, 0.2) is 60.8 Å². The van der Waals surface area contributed by atoms with Gasteiger partial charge in [-0.2, -0.15) is 5.26 Å². The first kappa shape index (κ1) is 17.0. The van der Waals surface area contributed by atoms with E-state index >= 15 is 0 Å². The summed E-state index contributed by atoms with van der Waals surface area (Å²) >= 11 is 11.9. The van der Waals surface area contributed by atoms with E-state index in [4.69, 9.17) is 28.5 Å². The fourth-order valence-electron chi connectivity index (χ4n) is 2.34. The first-order valence-electron chi connectivity index (χ1n) is 7.30. The fraction of sp³-hybridized carbons (Fsp3) is 0. The van der Waals surface area contributed by atoms with Crippen molar-refractivity contribution in [2.45, 2.75) is 0 Å². The van der Waals surface area contributed by atoms with Gasteiger partial charge >= 0.3 is 0 Å². The van der Waals surface area contributed by atoms with Crippen molar-refractivity contribution in [3.8, 4) is 17.2 Å². The molecule has 3 rings (SSSR count). The number of carbonyl (C=O) groups excluding carboxylic acids is 1. The number of benzene rings is 2. The summed E-state index contributed by atoms with van der Waals surface area (Å²) in [6.07, 6.45) is 1.51. The van der Waals surface area contributed by atoms with Crippen LogP contribution in [-0.4, -0.2) is 10.9 Å². The van der Waals surface area contributed by atoms with Gasteiger partial charge < -0.3 is 5.32 Å². The van der Waals surface area contributed by atoms with Crippen molar-refractivity contribution >= 4 is 34.8 Å². The van der Waals surface area contributed by atoms with Gasteiger partial charge in [0.15, 0.2) is 0 Å². The van der Waals surface area contributed by atoms with Crippen molar-refractivity contribution in [1.82, 2.24) is 4.98 Å². The second-order valence-electron chi connectivity index (χ2n) is 5.17. The third-order valence-corrected chi connectivity index (χ3v) is 4.11. The van der Waals surface area contributed by atoms with Crippen molar-refractivity contribution in [1.29, 1.82) is 5.26 Å². The number of hydrogen-bond acceptors (Lipinski definition) is 3. The smallest absolute Gasteiger partial charge is 0.258 e. The zero-order valence-corrected chi connectivity index (χ0v) is 14.3. The maximum absolute atomic E-state index is 12.5. The molecule has 4 nitrogen and oxygen atoms in total. The summed E-state index contributed by atoms with van der Waals surface area (Å²) in [5.74, 6) is -0.377. The van der Waals surface area contributed by atoms with E-state index in [1.54, 1.807) is 42.5 Å². The Hall–Kier alpha value is -2.87. The van der Waals surface area contributed by atoms with Gasteiger partial charge in [0.1, 0.15) is 5.15 Å². The number of hydrogen-bond donors (Lipinski definition) is 1. The van der Waals surface area contributed by atoms with Gasteiger partial charge in [-0.1, -0.05) is 35.3 Å². The highest BCUT2D eigenvalue weighted by Gasteiger charge is 2.14. The molecule has 0 aliphatic carbocycles. The molecule has 1 heterocycles. The molecule has 0 spiro atoms. The maximum atomic E-state index is 12.5. The minimum atomic E-state index is -0.377. The minimum Gasteiger partial charge on any atom is -0.321 e. The van der Waals surface area contributed by atoms with Crippen molar-refractivity contribution < 1.29 is 4.79 Å². The number of rotatable bonds is 3. The highest BCUT2D eigenvalue weighted by molar-refractivity contribution is 6.33. The highest BCUT2D eigenvalue weighted by Crippen LogP contribution is 2.30. The maximum Gasteiger partial charge on any atom is 0.258 e. The van der Waals surface area contributed by atoms with E-state index in [1.807, 2.05) is 12.1 Å². The first-order chi connectivity index (χ1) is 12.1. The minimum absolute atomic E-state index is 0.127. The van der Waals surface area contributed by atoms with Gasteiger partial charge in [-0.25, -0.2) is 4.98 Å². The molecule has 0 aliphatic heterocycles. The lowest BCUT2D eigenvalue weighted by molar-refractivity contribution is 0.102. The van der Waals surface area contributed by atoms with Gasteiger partial charge in [-0.15, -0.1) is 0 Å². The molecule has 0 bridgehead atoms. The van der Waals surface area contributed by atoms with Crippen LogP contribution >= 0.6 is 23.2 Å². The Bertz CT molecular complexity index is 979. The monoisotopic (exact) mass is 367 g/mol. The molecule has 0 saturated carbocycles. The third-order valence-electron chi connectivity index (χ3n) is 3.56. The lowest BCUT2D eigenvalue weighted by Gasteiger charge is -2.12. The van der Waals surface area contributed by atoms with Crippen molar-refractivity contribution in [2.24, 2.45) is 0 Å². The molecular formula is C19H11Cl2N3O. The molecular weight excluding hydrogens is 357 g/mol. The van der Waals surface area contributed by atoms with E-state index in [1.165, 1.54) is 6.20 Å². The fourth-order valence-corrected chi connectivity index (χ4v) is 2.67. The average molecular weight is 368 g/mol. The van der Waals surface area contributed by atoms with Crippen LogP contribution in [0.3, 0.4) is 0 Å². The van der Waals surface area contributed by atoms with Gasteiger partial charge in [-0.05, 0) is 48.0 Å². The zero-order valence-electron chi connectivity index (χ0n) is 12.8. The number of halogens is 2. The standard InChI is InChI=1S/C19H11Cl2N3O/c20-14-6-4-13(5-7-14)16-10-12(11-22)3-8-17(16)24-19(25)15-2-1-9-23-18(15)21/h1-10H,(H,24,25). The molecule has 0 atom stereocenters. The SMILES string of the molecule is N#Cc1ccc(NC(=O)c2cccnc2Cl)c(-c2ccc(Cl)cc2)c1. The third kappa shape index (κ3) is 3.80. The number of pyridine rings is 1. The summed E-state index contributed by atoms with van der Waals surface area (Å²) in [4.78, 5) is 16.4. The first-order valence-corrected chi connectivity index (χ1v) is 8.06. The Labute approximate surface area is 154 Å². The van der Waals surface area contributed by atoms with Gasteiger partial charge in [0, 0.05) is 22.5 Å². The van der Waals surface area contributed by atoms with Crippen molar-refractivity contribution in [3.63, 3.8) is 0 Å². The van der Waals surface area contributed by atoms with Crippen LogP contribution in [0.5, 0.6) is 0 Å². The Morgan fingerprint density at radius 1 is 1.08 bits per heavy atom. The molecule has 0 radical (unpaired) electrons. The van der Waals surface area contributed by atoms with Crippen LogP contribution in [0.25, 0.3) is 11.1 Å². The summed E-state index contributed by atoms with van der Waals surface area (Å²) in [6.45, 7) is 0.